The maximum absolute atomic E-state index is 11.8. The lowest BCUT2D eigenvalue weighted by molar-refractivity contribution is -0.147. The van der Waals surface area contributed by atoms with Crippen LogP contribution in [0.25, 0.3) is 0 Å². The van der Waals surface area contributed by atoms with Crippen LogP contribution in [0.2, 0.25) is 0 Å². The van der Waals surface area contributed by atoms with E-state index in [0.29, 0.717) is 13.2 Å². The van der Waals surface area contributed by atoms with Crippen LogP contribution in [0, 0.1) is 5.92 Å². The van der Waals surface area contributed by atoms with Crippen molar-refractivity contribution in [3.05, 3.63) is 0 Å². The lowest BCUT2D eigenvalue weighted by atomic mass is 10.1. The Kier molecular flexibility index (Phi) is 9.94. The summed E-state index contributed by atoms with van der Waals surface area (Å²) in [5.41, 5.74) is 0. The van der Waals surface area contributed by atoms with Crippen LogP contribution < -0.4 is 5.32 Å². The number of rotatable bonds is 9. The van der Waals surface area contributed by atoms with Crippen LogP contribution >= 0.6 is 0 Å². The third-order valence-corrected chi connectivity index (χ3v) is 2.67. The van der Waals surface area contributed by atoms with E-state index in [-0.39, 0.29) is 5.92 Å². The number of unbranched alkanes of at least 4 members (excludes halogenated alkanes) is 2. The Balaban J connectivity index is 4.16. The zero-order chi connectivity index (χ0) is 14.7. The van der Waals surface area contributed by atoms with Gasteiger partial charge in [-0.25, -0.2) is 9.59 Å². The summed E-state index contributed by atoms with van der Waals surface area (Å²) < 4.78 is 10.1. The first-order chi connectivity index (χ1) is 9.02. The minimum Gasteiger partial charge on any atom is -0.464 e. The number of carbonyl (C=O) groups excluding carboxylic acids is 2. The fourth-order valence-corrected chi connectivity index (χ4v) is 1.38. The molecule has 0 aromatic rings. The number of ether oxygens (including phenoxy) is 2. The van der Waals surface area contributed by atoms with E-state index in [2.05, 4.69) is 5.32 Å². The van der Waals surface area contributed by atoms with E-state index < -0.39 is 18.1 Å². The predicted octanol–water partition coefficient (Wildman–Crippen LogP) is 2.88. The molecule has 1 N–H and O–H groups in total. The molecule has 1 amide bonds. The molecular weight excluding hydrogens is 246 g/mol. The molecule has 0 aliphatic carbocycles. The van der Waals surface area contributed by atoms with Crippen molar-refractivity contribution in [3.8, 4) is 0 Å². The van der Waals surface area contributed by atoms with Crippen LogP contribution in [0.5, 0.6) is 0 Å². The molecule has 0 bridgehead atoms. The van der Waals surface area contributed by atoms with Gasteiger partial charge in [-0.3, -0.25) is 0 Å². The van der Waals surface area contributed by atoms with Crippen LogP contribution in [0.3, 0.4) is 0 Å². The molecular formula is C14H27NO4. The van der Waals surface area contributed by atoms with Crippen LogP contribution in [0.4, 0.5) is 4.79 Å². The summed E-state index contributed by atoms with van der Waals surface area (Å²) in [5.74, 6) is -0.427. The Labute approximate surface area is 116 Å². The number of carbonyl (C=O) groups is 2. The molecule has 1 unspecified atom stereocenters. The lowest BCUT2D eigenvalue weighted by Gasteiger charge is -2.20. The maximum atomic E-state index is 11.8. The fourth-order valence-electron chi connectivity index (χ4n) is 1.38. The Bertz CT molecular complexity index is 266. The number of hydrogen-bond donors (Lipinski definition) is 1. The molecule has 19 heavy (non-hydrogen) atoms. The van der Waals surface area contributed by atoms with Gasteiger partial charge in [-0.1, -0.05) is 40.5 Å². The van der Waals surface area contributed by atoms with Crippen LogP contribution in [0.15, 0.2) is 0 Å². The van der Waals surface area contributed by atoms with E-state index in [4.69, 9.17) is 9.47 Å². The minimum atomic E-state index is -0.647. The molecule has 0 saturated heterocycles. The van der Waals surface area contributed by atoms with Crippen molar-refractivity contribution in [3.63, 3.8) is 0 Å². The van der Waals surface area contributed by atoms with Gasteiger partial charge in [0.25, 0.3) is 0 Å². The van der Waals surface area contributed by atoms with Crippen molar-refractivity contribution in [2.75, 3.05) is 13.2 Å². The molecule has 112 valence electrons. The largest absolute Gasteiger partial charge is 0.464 e. The summed E-state index contributed by atoms with van der Waals surface area (Å²) in [4.78, 5) is 23.4. The summed E-state index contributed by atoms with van der Waals surface area (Å²) in [5, 5.41) is 2.57. The topological polar surface area (TPSA) is 64.6 Å². The molecule has 0 aromatic carbocycles. The van der Waals surface area contributed by atoms with Gasteiger partial charge in [0.1, 0.15) is 6.04 Å². The van der Waals surface area contributed by atoms with Crippen molar-refractivity contribution in [2.45, 2.75) is 59.4 Å². The molecule has 0 spiro atoms. The first-order valence-corrected chi connectivity index (χ1v) is 7.12. The van der Waals surface area contributed by atoms with Crippen LogP contribution in [-0.4, -0.2) is 31.3 Å². The van der Waals surface area contributed by atoms with Gasteiger partial charge in [0.2, 0.25) is 0 Å². The summed E-state index contributed by atoms with van der Waals surface area (Å²) in [7, 11) is 0. The monoisotopic (exact) mass is 273 g/mol. The number of alkyl carbamates (subject to hydrolysis) is 1. The lowest BCUT2D eigenvalue weighted by Crippen LogP contribution is -2.45. The fraction of sp³-hybridized carbons (Fsp3) is 0.857. The smallest absolute Gasteiger partial charge is 0.407 e. The molecule has 0 aromatic heterocycles. The van der Waals surface area contributed by atoms with Gasteiger partial charge >= 0.3 is 12.1 Å². The van der Waals surface area contributed by atoms with Gasteiger partial charge in [0.15, 0.2) is 0 Å². The molecule has 0 aliphatic heterocycles. The van der Waals surface area contributed by atoms with Gasteiger partial charge in [-0.05, 0) is 18.8 Å². The van der Waals surface area contributed by atoms with E-state index in [1.807, 2.05) is 27.7 Å². The number of amides is 1. The zero-order valence-corrected chi connectivity index (χ0v) is 12.5. The van der Waals surface area contributed by atoms with Gasteiger partial charge in [-0.15, -0.1) is 0 Å². The van der Waals surface area contributed by atoms with Crippen LogP contribution in [0.1, 0.15) is 53.4 Å². The molecule has 5 heteroatoms. The second kappa shape index (κ2) is 10.6. The standard InChI is InChI=1S/C14H27NO4/c1-5-7-9-18-13(16)12(11(3)4)15-14(17)19-10-8-6-2/h11-12H,5-10H2,1-4H3,(H,15,17). The Morgan fingerprint density at radius 3 is 2.00 bits per heavy atom. The second-order valence-corrected chi connectivity index (χ2v) is 4.88. The third kappa shape index (κ3) is 8.46. The van der Waals surface area contributed by atoms with Gasteiger partial charge < -0.3 is 14.8 Å². The molecule has 0 fully saturated rings. The Morgan fingerprint density at radius 2 is 1.53 bits per heavy atom. The normalized spacial score (nSPS) is 12.1. The molecule has 0 heterocycles. The van der Waals surface area contributed by atoms with Gasteiger partial charge in [-0.2, -0.15) is 0 Å². The van der Waals surface area contributed by atoms with Crippen molar-refractivity contribution in [1.82, 2.24) is 5.32 Å². The highest BCUT2D eigenvalue weighted by atomic mass is 16.6. The molecule has 0 radical (unpaired) electrons. The van der Waals surface area contributed by atoms with Crippen molar-refractivity contribution in [1.29, 1.82) is 0 Å². The van der Waals surface area contributed by atoms with E-state index in [9.17, 15) is 9.59 Å². The summed E-state index contributed by atoms with van der Waals surface area (Å²) in [6.07, 6.45) is 3.02. The van der Waals surface area contributed by atoms with E-state index in [0.717, 1.165) is 25.7 Å². The number of esters is 1. The Morgan fingerprint density at radius 1 is 1.00 bits per heavy atom. The Hall–Kier alpha value is -1.26. The molecule has 0 rings (SSSR count). The SMILES string of the molecule is CCCCOC(=O)NC(C(=O)OCCCC)C(C)C. The summed E-state index contributed by atoms with van der Waals surface area (Å²) >= 11 is 0. The van der Waals surface area contributed by atoms with Gasteiger partial charge in [0.05, 0.1) is 13.2 Å². The molecule has 0 saturated carbocycles. The molecule has 0 aliphatic rings. The van der Waals surface area contributed by atoms with Crippen molar-refractivity contribution >= 4 is 12.1 Å². The average Bonchev–Trinajstić information content (AvgIpc) is 2.36. The summed E-state index contributed by atoms with van der Waals surface area (Å²) in [6, 6.07) is -0.647. The quantitative estimate of drug-likeness (QED) is 0.518. The second-order valence-electron chi connectivity index (χ2n) is 4.88. The maximum Gasteiger partial charge on any atom is 0.407 e. The zero-order valence-electron chi connectivity index (χ0n) is 12.5. The minimum absolute atomic E-state index is 0.0344. The number of nitrogens with one attached hydrogen (secondary N) is 1. The predicted molar refractivity (Wildman–Crippen MR) is 73.9 cm³/mol. The first kappa shape index (κ1) is 17.7. The average molecular weight is 273 g/mol. The van der Waals surface area contributed by atoms with Gasteiger partial charge in [0, 0.05) is 0 Å². The molecule has 5 nitrogen and oxygen atoms in total. The van der Waals surface area contributed by atoms with E-state index in [1.165, 1.54) is 0 Å². The van der Waals surface area contributed by atoms with Crippen molar-refractivity contribution in [2.24, 2.45) is 5.92 Å². The highest BCUT2D eigenvalue weighted by Gasteiger charge is 2.26. The third-order valence-electron chi connectivity index (χ3n) is 2.67. The highest BCUT2D eigenvalue weighted by molar-refractivity contribution is 5.81. The first-order valence-electron chi connectivity index (χ1n) is 7.12. The van der Waals surface area contributed by atoms with E-state index in [1.54, 1.807) is 0 Å². The summed E-state index contributed by atoms with van der Waals surface area (Å²) in [6.45, 7) is 8.53. The highest BCUT2D eigenvalue weighted by Crippen LogP contribution is 2.05. The van der Waals surface area contributed by atoms with Crippen LogP contribution in [-0.2, 0) is 14.3 Å². The van der Waals surface area contributed by atoms with E-state index >= 15 is 0 Å². The number of hydrogen-bond acceptors (Lipinski definition) is 4. The molecule has 1 atom stereocenters. The van der Waals surface area contributed by atoms with Crippen molar-refractivity contribution < 1.29 is 19.1 Å².